The van der Waals surface area contributed by atoms with Crippen molar-refractivity contribution in [3.05, 3.63) is 77.3 Å². The molecule has 0 aliphatic carbocycles. The van der Waals surface area contributed by atoms with Gasteiger partial charge in [-0.15, -0.1) is 0 Å². The van der Waals surface area contributed by atoms with Gasteiger partial charge < -0.3 is 20.8 Å². The number of aromatic amines is 1. The zero-order chi connectivity index (χ0) is 21.1. The maximum absolute atomic E-state index is 12.7. The second kappa shape index (κ2) is 8.26. The average molecular weight is 421 g/mol. The number of primary amides is 1. The summed E-state index contributed by atoms with van der Waals surface area (Å²) in [4.78, 5) is 31.5. The molecule has 7 nitrogen and oxygen atoms in total. The van der Waals surface area contributed by atoms with Crippen LogP contribution in [-0.4, -0.2) is 28.4 Å². The summed E-state index contributed by atoms with van der Waals surface area (Å²) >= 11 is 6.26. The fourth-order valence-corrected chi connectivity index (χ4v) is 3.22. The molecule has 0 fully saturated rings. The van der Waals surface area contributed by atoms with Crippen molar-refractivity contribution in [2.75, 3.05) is 11.9 Å². The molecule has 2 amide bonds. The van der Waals surface area contributed by atoms with Crippen molar-refractivity contribution in [2.24, 2.45) is 5.73 Å². The SMILES string of the molecule is NC(=O)COc1ccccc1C(=O)Nc1ccc2nc(-c3ccccc3Cl)[nH]c2c1. The predicted octanol–water partition coefficient (Wildman–Crippen LogP) is 4.00. The summed E-state index contributed by atoms with van der Waals surface area (Å²) in [6.45, 7) is -0.310. The van der Waals surface area contributed by atoms with E-state index >= 15 is 0 Å². The van der Waals surface area contributed by atoms with Crippen LogP contribution >= 0.6 is 11.6 Å². The molecule has 8 heteroatoms. The van der Waals surface area contributed by atoms with Crippen molar-refractivity contribution in [1.29, 1.82) is 0 Å². The number of halogens is 1. The predicted molar refractivity (Wildman–Crippen MR) is 116 cm³/mol. The first-order chi connectivity index (χ1) is 14.5. The van der Waals surface area contributed by atoms with Gasteiger partial charge >= 0.3 is 0 Å². The molecule has 1 aromatic heterocycles. The number of H-pyrrole nitrogens is 1. The zero-order valence-corrected chi connectivity index (χ0v) is 16.4. The van der Waals surface area contributed by atoms with Crippen LogP contribution in [0, 0.1) is 0 Å². The van der Waals surface area contributed by atoms with E-state index < -0.39 is 5.91 Å². The number of nitrogens with one attached hydrogen (secondary N) is 2. The van der Waals surface area contributed by atoms with E-state index in [-0.39, 0.29) is 18.3 Å². The molecule has 0 atom stereocenters. The van der Waals surface area contributed by atoms with E-state index in [2.05, 4.69) is 15.3 Å². The second-order valence-corrected chi connectivity index (χ2v) is 6.91. The molecule has 0 aliphatic heterocycles. The number of rotatable bonds is 6. The summed E-state index contributed by atoms with van der Waals surface area (Å²) in [5.74, 6) is -0.0776. The number of carbonyl (C=O) groups is 2. The quantitative estimate of drug-likeness (QED) is 0.437. The fraction of sp³-hybridized carbons (Fsp3) is 0.0455. The molecule has 0 radical (unpaired) electrons. The molecule has 0 bridgehead atoms. The van der Waals surface area contributed by atoms with Gasteiger partial charge in [0.25, 0.3) is 11.8 Å². The molecule has 4 aromatic rings. The maximum atomic E-state index is 12.7. The molecule has 4 rings (SSSR count). The van der Waals surface area contributed by atoms with Gasteiger partial charge in [0.05, 0.1) is 21.6 Å². The number of benzene rings is 3. The molecular weight excluding hydrogens is 404 g/mol. The van der Waals surface area contributed by atoms with Crippen LogP contribution in [0.4, 0.5) is 5.69 Å². The number of nitrogens with zero attached hydrogens (tertiary/aromatic N) is 1. The van der Waals surface area contributed by atoms with Crippen LogP contribution in [0.2, 0.25) is 5.02 Å². The summed E-state index contributed by atoms with van der Waals surface area (Å²) in [5, 5.41) is 3.42. The number of imidazole rings is 1. The third-order valence-electron chi connectivity index (χ3n) is 4.37. The zero-order valence-electron chi connectivity index (χ0n) is 15.7. The van der Waals surface area contributed by atoms with E-state index in [0.717, 1.165) is 16.6 Å². The van der Waals surface area contributed by atoms with Crippen molar-refractivity contribution >= 4 is 40.1 Å². The molecule has 0 unspecified atom stereocenters. The fourth-order valence-electron chi connectivity index (χ4n) is 3.00. The smallest absolute Gasteiger partial charge is 0.259 e. The van der Waals surface area contributed by atoms with Crippen LogP contribution in [-0.2, 0) is 4.79 Å². The first-order valence-corrected chi connectivity index (χ1v) is 9.45. The van der Waals surface area contributed by atoms with Gasteiger partial charge in [0.15, 0.2) is 6.61 Å². The molecule has 1 heterocycles. The molecule has 4 N–H and O–H groups in total. The average Bonchev–Trinajstić information content (AvgIpc) is 3.16. The highest BCUT2D eigenvalue weighted by atomic mass is 35.5. The number of amides is 2. The minimum atomic E-state index is -0.621. The Morgan fingerprint density at radius 1 is 1.07 bits per heavy atom. The number of fused-ring (bicyclic) bond motifs is 1. The van der Waals surface area contributed by atoms with Gasteiger partial charge in [0.1, 0.15) is 11.6 Å². The normalized spacial score (nSPS) is 10.7. The number of carbonyl (C=O) groups excluding carboxylic acids is 2. The van der Waals surface area contributed by atoms with Gasteiger partial charge in [-0.25, -0.2) is 4.98 Å². The number of hydrogen-bond donors (Lipinski definition) is 3. The van der Waals surface area contributed by atoms with Crippen LogP contribution in [0.1, 0.15) is 10.4 Å². The highest BCUT2D eigenvalue weighted by molar-refractivity contribution is 6.33. The molecular formula is C22H17ClN4O3. The van der Waals surface area contributed by atoms with Crippen molar-refractivity contribution in [1.82, 2.24) is 9.97 Å². The Bertz CT molecular complexity index is 1250. The van der Waals surface area contributed by atoms with Crippen LogP contribution in [0.25, 0.3) is 22.4 Å². The Morgan fingerprint density at radius 3 is 2.63 bits per heavy atom. The topological polar surface area (TPSA) is 110 Å². The Morgan fingerprint density at radius 2 is 1.83 bits per heavy atom. The molecule has 30 heavy (non-hydrogen) atoms. The highest BCUT2D eigenvalue weighted by Crippen LogP contribution is 2.28. The summed E-state index contributed by atoms with van der Waals surface area (Å²) in [5.41, 5.74) is 8.27. The van der Waals surface area contributed by atoms with Crippen molar-refractivity contribution < 1.29 is 14.3 Å². The van der Waals surface area contributed by atoms with Gasteiger partial charge in [-0.3, -0.25) is 9.59 Å². The number of nitrogens with two attached hydrogens (primary N) is 1. The van der Waals surface area contributed by atoms with Crippen LogP contribution < -0.4 is 15.8 Å². The van der Waals surface area contributed by atoms with Crippen molar-refractivity contribution in [2.45, 2.75) is 0 Å². The van der Waals surface area contributed by atoms with E-state index in [1.807, 2.05) is 18.2 Å². The Kier molecular flexibility index (Phi) is 5.36. The van der Waals surface area contributed by atoms with Gasteiger partial charge in [-0.2, -0.15) is 0 Å². The van der Waals surface area contributed by atoms with Crippen molar-refractivity contribution in [3.63, 3.8) is 0 Å². The first-order valence-electron chi connectivity index (χ1n) is 9.07. The lowest BCUT2D eigenvalue weighted by atomic mass is 10.1. The summed E-state index contributed by atoms with van der Waals surface area (Å²) in [6, 6.07) is 19.4. The third-order valence-corrected chi connectivity index (χ3v) is 4.70. The van der Waals surface area contributed by atoms with Crippen LogP contribution in [0.15, 0.2) is 66.7 Å². The third kappa shape index (κ3) is 4.11. The Labute approximate surface area is 176 Å². The molecule has 0 saturated heterocycles. The number of ether oxygens (including phenoxy) is 1. The van der Waals surface area contributed by atoms with E-state index in [9.17, 15) is 9.59 Å². The summed E-state index contributed by atoms with van der Waals surface area (Å²) in [7, 11) is 0. The number of anilines is 1. The lowest BCUT2D eigenvalue weighted by Crippen LogP contribution is -2.21. The number of para-hydroxylation sites is 1. The molecule has 150 valence electrons. The largest absolute Gasteiger partial charge is 0.483 e. The summed E-state index contributed by atoms with van der Waals surface area (Å²) in [6.07, 6.45) is 0. The Balaban J connectivity index is 1.58. The van der Waals surface area contributed by atoms with Crippen molar-refractivity contribution in [3.8, 4) is 17.1 Å². The van der Waals surface area contributed by atoms with Crippen LogP contribution in [0.5, 0.6) is 5.75 Å². The molecule has 3 aromatic carbocycles. The van der Waals surface area contributed by atoms with E-state index in [4.69, 9.17) is 22.1 Å². The summed E-state index contributed by atoms with van der Waals surface area (Å²) < 4.78 is 5.33. The van der Waals surface area contributed by atoms with Gasteiger partial charge in [0, 0.05) is 11.3 Å². The lowest BCUT2D eigenvalue weighted by Gasteiger charge is -2.10. The number of hydrogen-bond acceptors (Lipinski definition) is 4. The van der Waals surface area contributed by atoms with E-state index in [1.54, 1.807) is 48.5 Å². The Hall–Kier alpha value is -3.84. The molecule has 0 aliphatic rings. The van der Waals surface area contributed by atoms with Gasteiger partial charge in [-0.05, 0) is 42.5 Å². The first kappa shape index (κ1) is 19.5. The number of aromatic nitrogens is 2. The van der Waals surface area contributed by atoms with E-state index in [0.29, 0.717) is 22.1 Å². The van der Waals surface area contributed by atoms with Gasteiger partial charge in [-0.1, -0.05) is 35.9 Å². The second-order valence-electron chi connectivity index (χ2n) is 6.50. The maximum Gasteiger partial charge on any atom is 0.259 e. The minimum absolute atomic E-state index is 0.275. The van der Waals surface area contributed by atoms with Gasteiger partial charge in [0.2, 0.25) is 0 Å². The van der Waals surface area contributed by atoms with Crippen LogP contribution in [0.3, 0.4) is 0 Å². The monoisotopic (exact) mass is 420 g/mol. The highest BCUT2D eigenvalue weighted by Gasteiger charge is 2.14. The molecule has 0 saturated carbocycles. The minimum Gasteiger partial charge on any atom is -0.483 e. The lowest BCUT2D eigenvalue weighted by molar-refractivity contribution is -0.119. The molecule has 0 spiro atoms. The van der Waals surface area contributed by atoms with E-state index in [1.165, 1.54) is 0 Å². The standard InChI is InChI=1S/C22H17ClN4O3/c23-16-7-3-1-5-14(16)21-26-17-10-9-13(11-18(17)27-21)25-22(29)15-6-2-4-8-19(15)30-12-20(24)28/h1-11H,12H2,(H2,24,28)(H,25,29)(H,26,27).